The number of amides is 1. The highest BCUT2D eigenvalue weighted by Gasteiger charge is 2.14. The maximum Gasteiger partial charge on any atom is 0.238 e. The summed E-state index contributed by atoms with van der Waals surface area (Å²) < 4.78 is 1.56. The van der Waals surface area contributed by atoms with Crippen molar-refractivity contribution < 1.29 is 4.79 Å². The van der Waals surface area contributed by atoms with E-state index in [0.717, 1.165) is 24.5 Å². The van der Waals surface area contributed by atoms with Crippen molar-refractivity contribution in [2.24, 2.45) is 0 Å². The third-order valence-electron chi connectivity index (χ3n) is 3.56. The topological polar surface area (TPSA) is 75.9 Å². The van der Waals surface area contributed by atoms with Gasteiger partial charge in [-0.05, 0) is 54.6 Å². The molecule has 7 heteroatoms. The first-order valence-corrected chi connectivity index (χ1v) is 7.17. The molecule has 1 saturated heterocycles. The van der Waals surface area contributed by atoms with E-state index in [1.807, 2.05) is 24.3 Å². The number of carbonyl (C=O) groups is 1. The van der Waals surface area contributed by atoms with Gasteiger partial charge in [0.25, 0.3) is 0 Å². The van der Waals surface area contributed by atoms with Crippen LogP contribution in [-0.2, 0) is 4.79 Å². The first kappa shape index (κ1) is 13.7. The van der Waals surface area contributed by atoms with Crippen molar-refractivity contribution in [1.29, 1.82) is 0 Å². The number of tetrazole rings is 1. The molecule has 2 heterocycles. The Kier molecular flexibility index (Phi) is 4.20. The summed E-state index contributed by atoms with van der Waals surface area (Å²) in [5.74, 6) is 0.0192. The quantitative estimate of drug-likeness (QED) is 0.910. The van der Waals surface area contributed by atoms with Crippen LogP contribution in [0.4, 0.5) is 5.69 Å². The van der Waals surface area contributed by atoms with Crippen LogP contribution >= 0.6 is 0 Å². The highest BCUT2D eigenvalue weighted by atomic mass is 16.2. The monoisotopic (exact) mass is 286 g/mol. The number of likely N-dealkylation sites (tertiary alicyclic amines) is 1. The summed E-state index contributed by atoms with van der Waals surface area (Å²) in [5.41, 5.74) is 1.57. The molecule has 1 aromatic heterocycles. The minimum Gasteiger partial charge on any atom is -0.325 e. The van der Waals surface area contributed by atoms with Gasteiger partial charge in [0.15, 0.2) is 0 Å². The van der Waals surface area contributed by atoms with Gasteiger partial charge in [0.1, 0.15) is 6.33 Å². The van der Waals surface area contributed by atoms with Crippen LogP contribution in [0, 0.1) is 0 Å². The molecule has 1 aromatic carbocycles. The van der Waals surface area contributed by atoms with Gasteiger partial charge in [-0.2, -0.15) is 0 Å². The Morgan fingerprint density at radius 2 is 2.10 bits per heavy atom. The molecule has 110 valence electrons. The lowest BCUT2D eigenvalue weighted by Gasteiger charge is -2.25. The van der Waals surface area contributed by atoms with Crippen LogP contribution in [0.3, 0.4) is 0 Å². The van der Waals surface area contributed by atoms with Crippen LogP contribution in [0.2, 0.25) is 0 Å². The molecule has 0 unspecified atom stereocenters. The number of benzene rings is 1. The number of aromatic nitrogens is 4. The Labute approximate surface area is 122 Å². The highest BCUT2D eigenvalue weighted by Crippen LogP contribution is 2.14. The fourth-order valence-electron chi connectivity index (χ4n) is 2.53. The molecule has 0 aliphatic carbocycles. The van der Waals surface area contributed by atoms with Gasteiger partial charge in [-0.3, -0.25) is 9.69 Å². The van der Waals surface area contributed by atoms with Crippen molar-refractivity contribution in [2.45, 2.75) is 19.3 Å². The predicted octanol–water partition coefficient (Wildman–Crippen LogP) is 1.09. The molecule has 0 radical (unpaired) electrons. The zero-order valence-corrected chi connectivity index (χ0v) is 11.8. The maximum absolute atomic E-state index is 12.1. The van der Waals surface area contributed by atoms with E-state index in [9.17, 15) is 4.79 Å². The second-order valence-corrected chi connectivity index (χ2v) is 5.19. The third kappa shape index (κ3) is 3.63. The van der Waals surface area contributed by atoms with E-state index >= 15 is 0 Å². The predicted molar refractivity (Wildman–Crippen MR) is 78.1 cm³/mol. The lowest BCUT2D eigenvalue weighted by atomic mass is 10.1. The molecule has 7 nitrogen and oxygen atoms in total. The first-order chi connectivity index (χ1) is 10.3. The molecule has 1 aliphatic rings. The number of carbonyl (C=O) groups excluding carboxylic acids is 1. The molecule has 0 spiro atoms. The Morgan fingerprint density at radius 1 is 1.24 bits per heavy atom. The third-order valence-corrected chi connectivity index (χ3v) is 3.56. The minimum absolute atomic E-state index is 0.0192. The molecule has 1 amide bonds. The van der Waals surface area contributed by atoms with E-state index in [-0.39, 0.29) is 5.91 Å². The number of hydrogen-bond acceptors (Lipinski definition) is 5. The number of rotatable bonds is 4. The van der Waals surface area contributed by atoms with Crippen molar-refractivity contribution in [3.63, 3.8) is 0 Å². The van der Waals surface area contributed by atoms with Crippen LogP contribution in [0.25, 0.3) is 5.69 Å². The lowest BCUT2D eigenvalue weighted by molar-refractivity contribution is -0.117. The zero-order valence-electron chi connectivity index (χ0n) is 11.8. The van der Waals surface area contributed by atoms with E-state index in [1.165, 1.54) is 25.6 Å². The second-order valence-electron chi connectivity index (χ2n) is 5.19. The van der Waals surface area contributed by atoms with Crippen molar-refractivity contribution in [3.8, 4) is 5.69 Å². The van der Waals surface area contributed by atoms with Crippen molar-refractivity contribution in [1.82, 2.24) is 25.1 Å². The molecule has 0 saturated carbocycles. The van der Waals surface area contributed by atoms with Crippen molar-refractivity contribution in [3.05, 3.63) is 30.6 Å². The van der Waals surface area contributed by atoms with E-state index in [2.05, 4.69) is 25.7 Å². The van der Waals surface area contributed by atoms with Crippen LogP contribution < -0.4 is 5.32 Å². The molecule has 0 bridgehead atoms. The van der Waals surface area contributed by atoms with Crippen LogP contribution in [0.15, 0.2) is 30.6 Å². The number of nitrogens with zero attached hydrogens (tertiary/aromatic N) is 5. The normalized spacial score (nSPS) is 15.8. The van der Waals surface area contributed by atoms with E-state index in [4.69, 9.17) is 0 Å². The summed E-state index contributed by atoms with van der Waals surface area (Å²) in [6, 6.07) is 7.47. The van der Waals surface area contributed by atoms with Crippen LogP contribution in [0.5, 0.6) is 0 Å². The van der Waals surface area contributed by atoms with Gasteiger partial charge in [-0.25, -0.2) is 4.68 Å². The molecule has 2 aromatic rings. The van der Waals surface area contributed by atoms with Gasteiger partial charge >= 0.3 is 0 Å². The van der Waals surface area contributed by atoms with E-state index in [1.54, 1.807) is 4.68 Å². The van der Waals surface area contributed by atoms with Gasteiger partial charge in [0.2, 0.25) is 5.91 Å². The standard InChI is InChI=1S/C14H18N6O/c21-14(10-19-7-2-1-3-8-19)16-12-5-4-6-13(9-12)20-11-15-17-18-20/h4-6,9,11H,1-3,7-8,10H2,(H,16,21). The summed E-state index contributed by atoms with van der Waals surface area (Å²) in [4.78, 5) is 14.3. The Bertz CT molecular complexity index is 591. The fraction of sp³-hybridized carbons (Fsp3) is 0.429. The number of nitrogens with one attached hydrogen (secondary N) is 1. The first-order valence-electron chi connectivity index (χ1n) is 7.17. The summed E-state index contributed by atoms with van der Waals surface area (Å²) in [6.07, 6.45) is 5.16. The molecular formula is C14H18N6O. The van der Waals surface area contributed by atoms with Gasteiger partial charge < -0.3 is 5.32 Å². The highest BCUT2D eigenvalue weighted by molar-refractivity contribution is 5.92. The lowest BCUT2D eigenvalue weighted by Crippen LogP contribution is -2.36. The van der Waals surface area contributed by atoms with E-state index in [0.29, 0.717) is 6.54 Å². The molecule has 1 fully saturated rings. The van der Waals surface area contributed by atoms with Crippen molar-refractivity contribution in [2.75, 3.05) is 25.0 Å². The smallest absolute Gasteiger partial charge is 0.238 e. The number of hydrogen-bond donors (Lipinski definition) is 1. The summed E-state index contributed by atoms with van der Waals surface area (Å²) in [5, 5.41) is 14.0. The minimum atomic E-state index is 0.0192. The molecule has 21 heavy (non-hydrogen) atoms. The Balaban J connectivity index is 1.62. The van der Waals surface area contributed by atoms with Crippen molar-refractivity contribution >= 4 is 11.6 Å². The number of piperidine rings is 1. The average molecular weight is 286 g/mol. The van der Waals surface area contributed by atoms with Gasteiger partial charge in [-0.1, -0.05) is 12.5 Å². The zero-order chi connectivity index (χ0) is 14.5. The number of anilines is 1. The SMILES string of the molecule is O=C(CN1CCCCC1)Nc1cccc(-n2cnnn2)c1. The summed E-state index contributed by atoms with van der Waals surface area (Å²) in [7, 11) is 0. The second kappa shape index (κ2) is 6.45. The fourth-order valence-corrected chi connectivity index (χ4v) is 2.53. The summed E-state index contributed by atoms with van der Waals surface area (Å²) >= 11 is 0. The molecule has 1 aliphatic heterocycles. The van der Waals surface area contributed by atoms with Gasteiger partial charge in [0, 0.05) is 5.69 Å². The molecule has 0 atom stereocenters. The largest absolute Gasteiger partial charge is 0.325 e. The van der Waals surface area contributed by atoms with Gasteiger partial charge in [0.05, 0.1) is 12.2 Å². The molecular weight excluding hydrogens is 268 g/mol. The Morgan fingerprint density at radius 3 is 2.86 bits per heavy atom. The van der Waals surface area contributed by atoms with Gasteiger partial charge in [-0.15, -0.1) is 5.10 Å². The summed E-state index contributed by atoms with van der Waals surface area (Å²) in [6.45, 7) is 2.48. The maximum atomic E-state index is 12.1. The van der Waals surface area contributed by atoms with E-state index < -0.39 is 0 Å². The Hall–Kier alpha value is -2.28. The van der Waals surface area contributed by atoms with Crippen LogP contribution in [0.1, 0.15) is 19.3 Å². The van der Waals surface area contributed by atoms with Crippen LogP contribution in [-0.4, -0.2) is 50.6 Å². The average Bonchev–Trinajstić information content (AvgIpc) is 3.02. The molecule has 1 N–H and O–H groups in total. The molecule has 3 rings (SSSR count).